The van der Waals surface area contributed by atoms with Gasteiger partial charge in [0.2, 0.25) is 0 Å². The van der Waals surface area contributed by atoms with Crippen LogP contribution in [-0.4, -0.2) is 59.3 Å². The van der Waals surface area contributed by atoms with E-state index in [0.717, 1.165) is 5.56 Å². The number of rotatable bonds is 3. The monoisotopic (exact) mass is 446 g/mol. The Hall–Kier alpha value is -1.63. The maximum Gasteiger partial charge on any atom is 0.253 e. The lowest BCUT2D eigenvalue weighted by molar-refractivity contribution is 0.0535. The van der Waals surface area contributed by atoms with Gasteiger partial charge in [0.25, 0.3) is 11.8 Å². The Bertz CT molecular complexity index is 859. The summed E-state index contributed by atoms with van der Waals surface area (Å²) in [6.07, 6.45) is 1.27. The van der Waals surface area contributed by atoms with Gasteiger partial charge in [0.1, 0.15) is 0 Å². The molecule has 0 bridgehead atoms. The van der Waals surface area contributed by atoms with E-state index < -0.39 is 0 Å². The van der Waals surface area contributed by atoms with Crippen molar-refractivity contribution in [3.05, 3.63) is 70.2 Å². The number of carbonyl (C=O) groups excluding carboxylic acids is 2. The van der Waals surface area contributed by atoms with Crippen molar-refractivity contribution in [3.8, 4) is 0 Å². The summed E-state index contributed by atoms with van der Waals surface area (Å²) in [5.74, 6) is 2.44. The van der Waals surface area contributed by atoms with E-state index in [1.54, 1.807) is 29.2 Å². The van der Waals surface area contributed by atoms with Gasteiger partial charge in [-0.2, -0.15) is 0 Å². The summed E-state index contributed by atoms with van der Waals surface area (Å²) in [6.45, 7) is 2.18. The molecule has 4 rings (SSSR count). The van der Waals surface area contributed by atoms with Crippen molar-refractivity contribution in [2.24, 2.45) is 0 Å². The average molecular weight is 447 g/mol. The summed E-state index contributed by atoms with van der Waals surface area (Å²) in [5.41, 5.74) is 2.63. The predicted molar refractivity (Wildman–Crippen MR) is 122 cm³/mol. The number of hydrogen-bond acceptors (Lipinski definition) is 4. The van der Waals surface area contributed by atoms with Gasteiger partial charge in [-0.25, -0.2) is 0 Å². The van der Waals surface area contributed by atoms with Crippen LogP contribution in [0, 0.1) is 0 Å². The Kier molecular flexibility index (Phi) is 6.73. The lowest BCUT2D eigenvalue weighted by Crippen LogP contribution is -2.50. The number of benzene rings is 2. The van der Waals surface area contributed by atoms with Crippen molar-refractivity contribution in [1.29, 1.82) is 0 Å². The molecule has 29 heavy (non-hydrogen) atoms. The van der Waals surface area contributed by atoms with E-state index in [9.17, 15) is 9.59 Å². The number of thioether (sulfide) groups is 2. The zero-order valence-corrected chi connectivity index (χ0v) is 18.4. The van der Waals surface area contributed by atoms with E-state index in [0.29, 0.717) is 41.3 Å². The Morgan fingerprint density at radius 2 is 1.21 bits per heavy atom. The highest BCUT2D eigenvalue weighted by atomic mass is 35.5. The normalized spacial score (nSPS) is 18.0. The number of carbonyl (C=O) groups is 2. The standard InChI is InChI=1S/C22H23ClN2O2S2/c23-19-8-6-17(7-9-19)21(27)25-12-10-24(11-13-25)20(26)16-2-4-18(5-3-16)22-28-14-1-15-29-22/h2-9,22H,1,10-15H2. The maximum absolute atomic E-state index is 12.9. The molecule has 0 radical (unpaired) electrons. The highest BCUT2D eigenvalue weighted by Gasteiger charge is 2.26. The van der Waals surface area contributed by atoms with Crippen LogP contribution in [0.15, 0.2) is 48.5 Å². The number of halogens is 1. The van der Waals surface area contributed by atoms with Gasteiger partial charge in [-0.1, -0.05) is 23.7 Å². The highest BCUT2D eigenvalue weighted by Crippen LogP contribution is 2.43. The molecule has 0 aliphatic carbocycles. The van der Waals surface area contributed by atoms with Crippen LogP contribution in [0.25, 0.3) is 0 Å². The molecule has 0 atom stereocenters. The van der Waals surface area contributed by atoms with Gasteiger partial charge in [0.05, 0.1) is 4.58 Å². The number of amides is 2. The molecule has 0 unspecified atom stereocenters. The molecule has 0 saturated carbocycles. The second-order valence-corrected chi connectivity index (χ2v) is 10.3. The lowest BCUT2D eigenvalue weighted by atomic mass is 10.1. The molecular weight excluding hydrogens is 424 g/mol. The molecule has 2 heterocycles. The lowest BCUT2D eigenvalue weighted by Gasteiger charge is -2.35. The van der Waals surface area contributed by atoms with E-state index in [1.807, 2.05) is 40.6 Å². The van der Waals surface area contributed by atoms with Gasteiger partial charge < -0.3 is 9.80 Å². The minimum atomic E-state index is -0.0133. The van der Waals surface area contributed by atoms with Crippen molar-refractivity contribution in [1.82, 2.24) is 9.80 Å². The first-order chi connectivity index (χ1) is 14.1. The van der Waals surface area contributed by atoms with Gasteiger partial charge in [0.15, 0.2) is 0 Å². The third-order valence-corrected chi connectivity index (χ3v) is 8.47. The highest BCUT2D eigenvalue weighted by molar-refractivity contribution is 8.16. The van der Waals surface area contributed by atoms with E-state index in [2.05, 4.69) is 12.1 Å². The van der Waals surface area contributed by atoms with Crippen LogP contribution in [0.1, 0.15) is 37.3 Å². The molecule has 7 heteroatoms. The zero-order valence-electron chi connectivity index (χ0n) is 16.1. The average Bonchev–Trinajstić information content (AvgIpc) is 2.79. The van der Waals surface area contributed by atoms with E-state index >= 15 is 0 Å². The van der Waals surface area contributed by atoms with Gasteiger partial charge in [-0.05, 0) is 59.9 Å². The van der Waals surface area contributed by atoms with Crippen LogP contribution < -0.4 is 0 Å². The third-order valence-electron chi connectivity index (χ3n) is 5.20. The van der Waals surface area contributed by atoms with Crippen LogP contribution in [-0.2, 0) is 0 Å². The quantitative estimate of drug-likeness (QED) is 0.678. The Morgan fingerprint density at radius 3 is 1.69 bits per heavy atom. The molecule has 2 aliphatic rings. The summed E-state index contributed by atoms with van der Waals surface area (Å²) in [5, 5.41) is 0.614. The van der Waals surface area contributed by atoms with Crippen molar-refractivity contribution >= 4 is 46.9 Å². The van der Waals surface area contributed by atoms with E-state index in [4.69, 9.17) is 11.6 Å². The fourth-order valence-electron chi connectivity index (χ4n) is 3.53. The summed E-state index contributed by atoms with van der Waals surface area (Å²) >= 11 is 9.86. The van der Waals surface area contributed by atoms with Gasteiger partial charge in [0, 0.05) is 42.3 Å². The van der Waals surface area contributed by atoms with Crippen molar-refractivity contribution < 1.29 is 9.59 Å². The van der Waals surface area contributed by atoms with Crippen molar-refractivity contribution in [3.63, 3.8) is 0 Å². The molecule has 2 saturated heterocycles. The molecular formula is C22H23ClN2O2S2. The second kappa shape index (κ2) is 9.45. The molecule has 2 aromatic rings. The molecule has 2 aromatic carbocycles. The maximum atomic E-state index is 12.9. The molecule has 2 aliphatic heterocycles. The van der Waals surface area contributed by atoms with Crippen LogP contribution in [0.5, 0.6) is 0 Å². The molecule has 0 aromatic heterocycles. The third kappa shape index (κ3) is 4.93. The van der Waals surface area contributed by atoms with E-state index in [-0.39, 0.29) is 11.8 Å². The van der Waals surface area contributed by atoms with Crippen LogP contribution in [0.4, 0.5) is 0 Å². The number of nitrogens with zero attached hydrogens (tertiary/aromatic N) is 2. The van der Waals surface area contributed by atoms with E-state index in [1.165, 1.54) is 23.5 Å². The SMILES string of the molecule is O=C(c1ccc(Cl)cc1)N1CCN(C(=O)c2ccc(C3SCCCS3)cc2)CC1. The zero-order chi connectivity index (χ0) is 20.2. The minimum Gasteiger partial charge on any atom is -0.335 e. The fraction of sp³-hybridized carbons (Fsp3) is 0.364. The summed E-state index contributed by atoms with van der Waals surface area (Å²) in [6, 6.07) is 15.0. The smallest absolute Gasteiger partial charge is 0.253 e. The largest absolute Gasteiger partial charge is 0.335 e. The molecule has 152 valence electrons. The first kappa shape index (κ1) is 20.6. The summed E-state index contributed by atoms with van der Waals surface area (Å²) in [4.78, 5) is 29.1. The van der Waals surface area contributed by atoms with Crippen LogP contribution >= 0.6 is 35.1 Å². The molecule has 0 spiro atoms. The predicted octanol–water partition coefficient (Wildman–Crippen LogP) is 4.81. The molecule has 0 N–H and O–H groups in total. The van der Waals surface area contributed by atoms with Crippen molar-refractivity contribution in [2.75, 3.05) is 37.7 Å². The van der Waals surface area contributed by atoms with Gasteiger partial charge in [-0.3, -0.25) is 9.59 Å². The molecule has 2 amide bonds. The summed E-state index contributed by atoms with van der Waals surface area (Å²) in [7, 11) is 0. The van der Waals surface area contributed by atoms with Crippen LogP contribution in [0.2, 0.25) is 5.02 Å². The second-order valence-electron chi connectivity index (χ2n) is 7.14. The fourth-order valence-corrected chi connectivity index (χ4v) is 6.55. The van der Waals surface area contributed by atoms with Gasteiger partial charge >= 0.3 is 0 Å². The van der Waals surface area contributed by atoms with Crippen LogP contribution in [0.3, 0.4) is 0 Å². The summed E-state index contributed by atoms with van der Waals surface area (Å²) < 4.78 is 0.482. The Balaban J connectivity index is 1.33. The number of hydrogen-bond donors (Lipinski definition) is 0. The molecule has 2 fully saturated rings. The first-order valence-electron chi connectivity index (χ1n) is 9.79. The minimum absolute atomic E-state index is 0.0133. The topological polar surface area (TPSA) is 40.6 Å². The van der Waals surface area contributed by atoms with Crippen molar-refractivity contribution in [2.45, 2.75) is 11.0 Å². The first-order valence-corrected chi connectivity index (χ1v) is 12.3. The molecule has 4 nitrogen and oxygen atoms in total. The number of piperazine rings is 1. The Morgan fingerprint density at radius 1 is 0.759 bits per heavy atom. The Labute approximate surface area is 185 Å². The van der Waals surface area contributed by atoms with Gasteiger partial charge in [-0.15, -0.1) is 23.5 Å².